The van der Waals surface area contributed by atoms with Crippen LogP contribution in [0.2, 0.25) is 0 Å². The van der Waals surface area contributed by atoms with Gasteiger partial charge in [-0.15, -0.1) is 0 Å². The van der Waals surface area contributed by atoms with Crippen LogP contribution < -0.4 is 21.3 Å². The van der Waals surface area contributed by atoms with E-state index in [0.717, 1.165) is 19.6 Å². The summed E-state index contributed by atoms with van der Waals surface area (Å²) in [6.45, 7) is 10.8. The Bertz CT molecular complexity index is 559. The van der Waals surface area contributed by atoms with Crippen molar-refractivity contribution in [3.8, 4) is 0 Å². The Labute approximate surface area is 166 Å². The predicted molar refractivity (Wildman–Crippen MR) is 103 cm³/mol. The van der Waals surface area contributed by atoms with E-state index in [1.165, 1.54) is 13.8 Å². The van der Waals surface area contributed by atoms with Crippen molar-refractivity contribution < 1.29 is 23.9 Å². The molecule has 0 aromatic rings. The smallest absolute Gasteiger partial charge is 0.246 e. The summed E-state index contributed by atoms with van der Waals surface area (Å²) in [6.07, 6.45) is 0.585. The quantitative estimate of drug-likeness (QED) is 0.309. The van der Waals surface area contributed by atoms with E-state index in [0.29, 0.717) is 26.2 Å². The lowest BCUT2D eigenvalue weighted by Gasteiger charge is -2.30. The fourth-order valence-corrected chi connectivity index (χ4v) is 2.49. The molecule has 0 radical (unpaired) electrons. The molecule has 0 bridgehead atoms. The Morgan fingerprint density at radius 2 is 1.61 bits per heavy atom. The molecular weight excluding hydrogens is 366 g/mol. The van der Waals surface area contributed by atoms with Crippen LogP contribution in [0, 0.1) is 0 Å². The molecule has 160 valence electrons. The van der Waals surface area contributed by atoms with E-state index in [2.05, 4.69) is 26.2 Å². The van der Waals surface area contributed by atoms with Crippen LogP contribution in [0.5, 0.6) is 0 Å². The lowest BCUT2D eigenvalue weighted by atomic mass is 9.99. The molecule has 0 aliphatic carbocycles. The van der Waals surface area contributed by atoms with E-state index in [4.69, 9.17) is 4.74 Å². The molecule has 1 fully saturated rings. The molecule has 4 amide bonds. The molecule has 1 heterocycles. The first-order chi connectivity index (χ1) is 13.1. The second-order valence-electron chi connectivity index (χ2n) is 7.78. The summed E-state index contributed by atoms with van der Waals surface area (Å²) in [7, 11) is 0. The monoisotopic (exact) mass is 399 g/mol. The molecule has 0 aromatic carbocycles. The van der Waals surface area contributed by atoms with Gasteiger partial charge in [0.2, 0.25) is 24.1 Å². The van der Waals surface area contributed by atoms with Gasteiger partial charge >= 0.3 is 0 Å². The van der Waals surface area contributed by atoms with Gasteiger partial charge in [0.05, 0.1) is 13.2 Å². The van der Waals surface area contributed by atoms with E-state index < -0.39 is 22.9 Å². The molecule has 1 aliphatic rings. The molecule has 28 heavy (non-hydrogen) atoms. The Morgan fingerprint density at radius 1 is 0.964 bits per heavy atom. The molecule has 1 saturated heterocycles. The third-order valence-electron chi connectivity index (χ3n) is 4.47. The maximum absolute atomic E-state index is 12.3. The van der Waals surface area contributed by atoms with E-state index >= 15 is 0 Å². The van der Waals surface area contributed by atoms with Gasteiger partial charge in [-0.2, -0.15) is 0 Å². The van der Waals surface area contributed by atoms with Crippen molar-refractivity contribution in [1.82, 2.24) is 26.2 Å². The van der Waals surface area contributed by atoms with Gasteiger partial charge in [-0.1, -0.05) is 0 Å². The Kier molecular flexibility index (Phi) is 9.33. The molecule has 0 spiro atoms. The third kappa shape index (κ3) is 8.22. The molecule has 10 heteroatoms. The molecule has 0 unspecified atom stereocenters. The zero-order valence-electron chi connectivity index (χ0n) is 17.2. The highest BCUT2D eigenvalue weighted by Crippen LogP contribution is 2.08. The van der Waals surface area contributed by atoms with Crippen LogP contribution in [0.3, 0.4) is 0 Å². The largest absolute Gasteiger partial charge is 0.379 e. The number of amides is 4. The molecular formula is C18H33N5O5. The number of ether oxygens (including phenoxy) is 1. The highest BCUT2D eigenvalue weighted by Gasteiger charge is 2.35. The summed E-state index contributed by atoms with van der Waals surface area (Å²) < 4.78 is 5.27. The molecule has 4 N–H and O–H groups in total. The summed E-state index contributed by atoms with van der Waals surface area (Å²) in [6, 6.07) is 0. The second-order valence-corrected chi connectivity index (χ2v) is 7.78. The van der Waals surface area contributed by atoms with Gasteiger partial charge in [0.1, 0.15) is 11.1 Å². The Hall–Kier alpha value is -2.20. The third-order valence-corrected chi connectivity index (χ3v) is 4.47. The van der Waals surface area contributed by atoms with Gasteiger partial charge in [-0.05, 0) is 27.7 Å². The number of carbonyl (C=O) groups is 4. The van der Waals surface area contributed by atoms with Crippen molar-refractivity contribution >= 4 is 24.1 Å². The fraction of sp³-hybridized carbons (Fsp3) is 0.778. The van der Waals surface area contributed by atoms with Gasteiger partial charge in [0.25, 0.3) is 0 Å². The highest BCUT2D eigenvalue weighted by atomic mass is 16.5. The van der Waals surface area contributed by atoms with Crippen LogP contribution in [0.1, 0.15) is 34.1 Å². The van der Waals surface area contributed by atoms with E-state index in [1.807, 2.05) is 0 Å². The molecule has 0 aromatic heterocycles. The number of rotatable bonds is 11. The van der Waals surface area contributed by atoms with Crippen LogP contribution in [0.25, 0.3) is 0 Å². The first-order valence-corrected chi connectivity index (χ1v) is 9.47. The number of morpholine rings is 1. The summed E-state index contributed by atoms with van der Waals surface area (Å²) in [5.41, 5.74) is -2.33. The van der Waals surface area contributed by atoms with Gasteiger partial charge in [0, 0.05) is 39.1 Å². The minimum atomic E-state index is -1.19. The zero-order chi connectivity index (χ0) is 21.2. The number of nitrogens with one attached hydrogen (secondary N) is 4. The standard InChI is InChI=1S/C18H33N5O5/c1-17(2,21-13-24)16(27)22-18(3,4)15(26)20-6-5-14(25)19-7-8-23-9-11-28-12-10-23/h13H,5-12H2,1-4H3,(H,19,25)(H,20,26)(H,21,24)(H,22,27). The maximum atomic E-state index is 12.3. The Morgan fingerprint density at radius 3 is 2.21 bits per heavy atom. The highest BCUT2D eigenvalue weighted by molar-refractivity contribution is 5.94. The predicted octanol–water partition coefficient (Wildman–Crippen LogP) is -1.64. The van der Waals surface area contributed by atoms with Gasteiger partial charge in [-0.3, -0.25) is 24.1 Å². The number of carbonyl (C=O) groups excluding carboxylic acids is 4. The van der Waals surface area contributed by atoms with Crippen molar-refractivity contribution in [2.24, 2.45) is 0 Å². The van der Waals surface area contributed by atoms with Gasteiger partial charge < -0.3 is 26.0 Å². The minimum absolute atomic E-state index is 0.147. The van der Waals surface area contributed by atoms with Crippen molar-refractivity contribution in [1.29, 1.82) is 0 Å². The normalized spacial score (nSPS) is 15.4. The summed E-state index contributed by atoms with van der Waals surface area (Å²) in [5.74, 6) is -1.05. The second kappa shape index (κ2) is 11.0. The van der Waals surface area contributed by atoms with Crippen LogP contribution in [-0.4, -0.2) is 86.0 Å². The van der Waals surface area contributed by atoms with E-state index in [9.17, 15) is 19.2 Å². The van der Waals surface area contributed by atoms with Crippen molar-refractivity contribution in [3.63, 3.8) is 0 Å². The van der Waals surface area contributed by atoms with Crippen LogP contribution >= 0.6 is 0 Å². The summed E-state index contributed by atoms with van der Waals surface area (Å²) in [4.78, 5) is 49.2. The SMILES string of the molecule is CC(C)(NC=O)C(=O)NC(C)(C)C(=O)NCCC(=O)NCCN1CCOCC1. The summed E-state index contributed by atoms with van der Waals surface area (Å²) in [5, 5.41) is 10.5. The van der Waals surface area contributed by atoms with Gasteiger partial charge in [-0.25, -0.2) is 0 Å². The minimum Gasteiger partial charge on any atom is -0.379 e. The molecule has 0 atom stereocenters. The first-order valence-electron chi connectivity index (χ1n) is 9.47. The van der Waals surface area contributed by atoms with E-state index in [1.54, 1.807) is 13.8 Å². The average molecular weight is 399 g/mol. The molecule has 1 aliphatic heterocycles. The van der Waals surface area contributed by atoms with Crippen LogP contribution in [0.15, 0.2) is 0 Å². The summed E-state index contributed by atoms with van der Waals surface area (Å²) >= 11 is 0. The zero-order valence-corrected chi connectivity index (χ0v) is 17.2. The van der Waals surface area contributed by atoms with Crippen LogP contribution in [0.4, 0.5) is 0 Å². The van der Waals surface area contributed by atoms with Crippen molar-refractivity contribution in [2.75, 3.05) is 45.9 Å². The lowest BCUT2D eigenvalue weighted by Crippen LogP contribution is -2.62. The lowest BCUT2D eigenvalue weighted by molar-refractivity contribution is -0.135. The van der Waals surface area contributed by atoms with E-state index in [-0.39, 0.29) is 18.9 Å². The number of nitrogens with zero attached hydrogens (tertiary/aromatic N) is 1. The maximum Gasteiger partial charge on any atom is 0.246 e. The molecule has 0 saturated carbocycles. The van der Waals surface area contributed by atoms with Crippen molar-refractivity contribution in [2.45, 2.75) is 45.2 Å². The topological polar surface area (TPSA) is 129 Å². The fourth-order valence-electron chi connectivity index (χ4n) is 2.49. The Balaban J connectivity index is 2.28. The first kappa shape index (κ1) is 23.8. The van der Waals surface area contributed by atoms with Gasteiger partial charge in [0.15, 0.2) is 0 Å². The number of hydrogen-bond donors (Lipinski definition) is 4. The van der Waals surface area contributed by atoms with Crippen molar-refractivity contribution in [3.05, 3.63) is 0 Å². The average Bonchev–Trinajstić information content (AvgIpc) is 2.62. The van der Waals surface area contributed by atoms with Crippen LogP contribution in [-0.2, 0) is 23.9 Å². The molecule has 1 rings (SSSR count). The number of hydrogen-bond acceptors (Lipinski definition) is 6. The molecule has 10 nitrogen and oxygen atoms in total.